The zero-order valence-electron chi connectivity index (χ0n) is 15.8. The van der Waals surface area contributed by atoms with Crippen molar-refractivity contribution < 1.29 is 9.18 Å². The molecule has 0 spiro atoms. The molecule has 0 unspecified atom stereocenters. The lowest BCUT2D eigenvalue weighted by molar-refractivity contribution is 0.0739. The van der Waals surface area contributed by atoms with Crippen LogP contribution in [0.4, 0.5) is 15.9 Å². The summed E-state index contributed by atoms with van der Waals surface area (Å²) in [5.41, 5.74) is 2.37. The molecule has 0 aliphatic carbocycles. The highest BCUT2D eigenvalue weighted by Gasteiger charge is 2.23. The standard InChI is InChI=1S/C21H21FN6O/c22-17-1-3-18(4-2-17)27-11-13-28(14-12-27)21(29)19-5-6-20(26-25-19)24-15-16-7-9-23-10-8-16/h1-10H,11-15H2,(H,24,26). The Balaban J connectivity index is 1.31. The molecule has 148 valence electrons. The van der Waals surface area contributed by atoms with Crippen LogP contribution in [0.2, 0.25) is 0 Å². The molecular formula is C21H21FN6O. The van der Waals surface area contributed by atoms with Crippen LogP contribution in [0.15, 0.2) is 60.9 Å². The Morgan fingerprint density at radius 1 is 0.931 bits per heavy atom. The topological polar surface area (TPSA) is 74.2 Å². The number of nitrogens with one attached hydrogen (secondary N) is 1. The Bertz CT molecular complexity index is 941. The van der Waals surface area contributed by atoms with E-state index in [1.54, 1.807) is 41.6 Å². The third-order valence-electron chi connectivity index (χ3n) is 4.87. The van der Waals surface area contributed by atoms with Gasteiger partial charge in [0.05, 0.1) is 0 Å². The number of rotatable bonds is 5. The summed E-state index contributed by atoms with van der Waals surface area (Å²) in [6.07, 6.45) is 3.47. The summed E-state index contributed by atoms with van der Waals surface area (Å²) in [7, 11) is 0. The molecule has 1 fully saturated rings. The molecule has 0 radical (unpaired) electrons. The number of carbonyl (C=O) groups excluding carboxylic acids is 1. The summed E-state index contributed by atoms with van der Waals surface area (Å²) < 4.78 is 13.1. The normalized spacial score (nSPS) is 14.0. The molecule has 7 nitrogen and oxygen atoms in total. The van der Waals surface area contributed by atoms with E-state index in [0.717, 1.165) is 11.3 Å². The number of pyridine rings is 1. The second-order valence-corrected chi connectivity index (χ2v) is 6.77. The molecule has 3 heterocycles. The van der Waals surface area contributed by atoms with Crippen molar-refractivity contribution in [1.82, 2.24) is 20.1 Å². The number of piperazine rings is 1. The van der Waals surface area contributed by atoms with Gasteiger partial charge in [-0.2, -0.15) is 0 Å². The molecular weight excluding hydrogens is 371 g/mol. The molecule has 1 aliphatic heterocycles. The van der Waals surface area contributed by atoms with Crippen LogP contribution >= 0.6 is 0 Å². The van der Waals surface area contributed by atoms with E-state index in [0.29, 0.717) is 44.2 Å². The van der Waals surface area contributed by atoms with E-state index < -0.39 is 0 Å². The Kier molecular flexibility index (Phi) is 5.60. The van der Waals surface area contributed by atoms with Crippen molar-refractivity contribution in [2.24, 2.45) is 0 Å². The molecule has 1 amide bonds. The van der Waals surface area contributed by atoms with Gasteiger partial charge in [-0.25, -0.2) is 4.39 Å². The number of carbonyl (C=O) groups is 1. The molecule has 2 aromatic heterocycles. The number of hydrogen-bond donors (Lipinski definition) is 1. The first kappa shape index (κ1) is 18.8. The molecule has 1 saturated heterocycles. The van der Waals surface area contributed by atoms with Crippen molar-refractivity contribution in [3.8, 4) is 0 Å². The van der Waals surface area contributed by atoms with E-state index in [1.807, 2.05) is 12.1 Å². The van der Waals surface area contributed by atoms with Gasteiger partial charge >= 0.3 is 0 Å². The molecule has 29 heavy (non-hydrogen) atoms. The van der Waals surface area contributed by atoms with Crippen LogP contribution in [-0.4, -0.2) is 52.2 Å². The van der Waals surface area contributed by atoms with Gasteiger partial charge < -0.3 is 15.1 Å². The van der Waals surface area contributed by atoms with Crippen LogP contribution in [0, 0.1) is 5.82 Å². The summed E-state index contributed by atoms with van der Waals surface area (Å²) in [4.78, 5) is 20.6. The summed E-state index contributed by atoms with van der Waals surface area (Å²) >= 11 is 0. The SMILES string of the molecule is O=C(c1ccc(NCc2ccncc2)nn1)N1CCN(c2ccc(F)cc2)CC1. The van der Waals surface area contributed by atoms with Crippen molar-refractivity contribution in [3.63, 3.8) is 0 Å². The maximum absolute atomic E-state index is 13.1. The number of amides is 1. The van der Waals surface area contributed by atoms with Crippen LogP contribution in [0.3, 0.4) is 0 Å². The Morgan fingerprint density at radius 3 is 2.31 bits per heavy atom. The molecule has 8 heteroatoms. The largest absolute Gasteiger partial charge is 0.368 e. The monoisotopic (exact) mass is 392 g/mol. The Hall–Kier alpha value is -3.55. The number of anilines is 2. The maximum atomic E-state index is 13.1. The van der Waals surface area contributed by atoms with E-state index in [-0.39, 0.29) is 11.7 Å². The van der Waals surface area contributed by atoms with E-state index in [4.69, 9.17) is 0 Å². The predicted octanol–water partition coefficient (Wildman–Crippen LogP) is 2.59. The van der Waals surface area contributed by atoms with Crippen molar-refractivity contribution in [2.45, 2.75) is 6.54 Å². The lowest BCUT2D eigenvalue weighted by atomic mass is 10.2. The third kappa shape index (κ3) is 4.66. The lowest BCUT2D eigenvalue weighted by Crippen LogP contribution is -2.49. The summed E-state index contributed by atoms with van der Waals surface area (Å²) in [5.74, 6) is 0.233. The van der Waals surface area contributed by atoms with Gasteiger partial charge in [-0.3, -0.25) is 9.78 Å². The van der Waals surface area contributed by atoms with Crippen LogP contribution in [0.5, 0.6) is 0 Å². The number of hydrogen-bond acceptors (Lipinski definition) is 6. The zero-order valence-corrected chi connectivity index (χ0v) is 15.8. The van der Waals surface area contributed by atoms with Gasteiger partial charge in [0.25, 0.3) is 5.91 Å². The van der Waals surface area contributed by atoms with Gasteiger partial charge in [0, 0.05) is 50.8 Å². The molecule has 0 atom stereocenters. The molecule has 0 saturated carbocycles. The second kappa shape index (κ2) is 8.64. The van der Waals surface area contributed by atoms with Crippen molar-refractivity contribution in [3.05, 3.63) is 78.0 Å². The number of benzene rings is 1. The second-order valence-electron chi connectivity index (χ2n) is 6.77. The van der Waals surface area contributed by atoms with Crippen LogP contribution in [0.1, 0.15) is 16.1 Å². The average Bonchev–Trinajstić information content (AvgIpc) is 2.79. The Morgan fingerprint density at radius 2 is 1.66 bits per heavy atom. The number of halogens is 1. The molecule has 4 rings (SSSR count). The quantitative estimate of drug-likeness (QED) is 0.720. The third-order valence-corrected chi connectivity index (χ3v) is 4.87. The minimum absolute atomic E-state index is 0.128. The molecule has 0 bridgehead atoms. The molecule has 1 aliphatic rings. The van der Waals surface area contributed by atoms with Gasteiger partial charge in [0.1, 0.15) is 11.6 Å². The smallest absolute Gasteiger partial charge is 0.274 e. The van der Waals surface area contributed by atoms with Crippen LogP contribution in [-0.2, 0) is 6.54 Å². The first-order valence-corrected chi connectivity index (χ1v) is 9.45. The highest BCUT2D eigenvalue weighted by atomic mass is 19.1. The Labute approximate surface area is 168 Å². The minimum atomic E-state index is -0.250. The first-order valence-electron chi connectivity index (χ1n) is 9.45. The highest BCUT2D eigenvalue weighted by molar-refractivity contribution is 5.92. The van der Waals surface area contributed by atoms with Crippen molar-refractivity contribution in [1.29, 1.82) is 0 Å². The molecule has 1 aromatic carbocycles. The van der Waals surface area contributed by atoms with E-state index in [2.05, 4.69) is 25.4 Å². The van der Waals surface area contributed by atoms with E-state index >= 15 is 0 Å². The molecule has 3 aromatic rings. The van der Waals surface area contributed by atoms with Crippen molar-refractivity contribution >= 4 is 17.4 Å². The van der Waals surface area contributed by atoms with Gasteiger partial charge in [-0.05, 0) is 54.1 Å². The summed E-state index contributed by atoms with van der Waals surface area (Å²) in [5, 5.41) is 11.4. The van der Waals surface area contributed by atoms with Gasteiger partial charge in [0.15, 0.2) is 5.69 Å². The summed E-state index contributed by atoms with van der Waals surface area (Å²) in [6, 6.07) is 13.7. The molecule has 1 N–H and O–H groups in total. The van der Waals surface area contributed by atoms with Gasteiger partial charge in [-0.15, -0.1) is 10.2 Å². The lowest BCUT2D eigenvalue weighted by Gasteiger charge is -2.35. The zero-order chi connectivity index (χ0) is 20.1. The maximum Gasteiger partial charge on any atom is 0.274 e. The van der Waals surface area contributed by atoms with Gasteiger partial charge in [0.2, 0.25) is 0 Å². The fraction of sp³-hybridized carbons (Fsp3) is 0.238. The summed E-state index contributed by atoms with van der Waals surface area (Å²) in [6.45, 7) is 3.16. The van der Waals surface area contributed by atoms with Crippen LogP contribution in [0.25, 0.3) is 0 Å². The fourth-order valence-corrected chi connectivity index (χ4v) is 3.22. The highest BCUT2D eigenvalue weighted by Crippen LogP contribution is 2.18. The number of aromatic nitrogens is 3. The van der Waals surface area contributed by atoms with Crippen molar-refractivity contribution in [2.75, 3.05) is 36.4 Å². The van der Waals surface area contributed by atoms with E-state index in [1.165, 1.54) is 12.1 Å². The number of nitrogens with zero attached hydrogens (tertiary/aromatic N) is 5. The predicted molar refractivity (Wildman–Crippen MR) is 108 cm³/mol. The van der Waals surface area contributed by atoms with Gasteiger partial charge in [-0.1, -0.05) is 0 Å². The first-order chi connectivity index (χ1) is 14.2. The van der Waals surface area contributed by atoms with E-state index in [9.17, 15) is 9.18 Å². The fourth-order valence-electron chi connectivity index (χ4n) is 3.22. The minimum Gasteiger partial charge on any atom is -0.368 e. The average molecular weight is 392 g/mol. The van der Waals surface area contributed by atoms with Crippen LogP contribution < -0.4 is 10.2 Å².